The van der Waals surface area contributed by atoms with Gasteiger partial charge in [-0.25, -0.2) is 14.8 Å². The molecule has 0 aromatic carbocycles. The third-order valence-electron chi connectivity index (χ3n) is 2.82. The Morgan fingerprint density at radius 3 is 3.00 bits per heavy atom. The molecule has 6 nitrogen and oxygen atoms in total. The number of carbonyl (C=O) groups excluding carboxylic acids is 1. The standard InChI is InChI=1S/C12H12N4O2/c13-12(17)18-11-5-9(3-4-14-11)16-6-10(15-7-16)8-1-2-8/h3-8H,1-2H2,(H2,13,17). The molecule has 2 aromatic rings. The summed E-state index contributed by atoms with van der Waals surface area (Å²) < 4.78 is 6.62. The first-order valence-corrected chi connectivity index (χ1v) is 5.70. The van der Waals surface area contributed by atoms with Crippen molar-refractivity contribution in [2.75, 3.05) is 0 Å². The fourth-order valence-corrected chi connectivity index (χ4v) is 1.79. The highest BCUT2D eigenvalue weighted by molar-refractivity contribution is 5.67. The van der Waals surface area contributed by atoms with E-state index in [4.69, 9.17) is 10.5 Å². The van der Waals surface area contributed by atoms with Crippen LogP contribution >= 0.6 is 0 Å². The van der Waals surface area contributed by atoms with E-state index in [0.717, 1.165) is 11.4 Å². The molecule has 0 atom stereocenters. The number of pyridine rings is 1. The van der Waals surface area contributed by atoms with Gasteiger partial charge in [-0.2, -0.15) is 0 Å². The molecule has 2 heterocycles. The topological polar surface area (TPSA) is 83.0 Å². The molecule has 3 rings (SSSR count). The smallest absolute Gasteiger partial charge is 0.391 e. The van der Waals surface area contributed by atoms with Gasteiger partial charge in [-0.15, -0.1) is 0 Å². The highest BCUT2D eigenvalue weighted by Gasteiger charge is 2.25. The van der Waals surface area contributed by atoms with E-state index in [1.165, 1.54) is 12.8 Å². The molecule has 0 radical (unpaired) electrons. The van der Waals surface area contributed by atoms with Gasteiger partial charge in [0.25, 0.3) is 0 Å². The molecule has 1 amide bonds. The molecule has 0 bridgehead atoms. The minimum absolute atomic E-state index is 0.182. The lowest BCUT2D eigenvalue weighted by atomic mass is 10.3. The van der Waals surface area contributed by atoms with Gasteiger partial charge in [0.1, 0.15) is 0 Å². The Kier molecular flexibility index (Phi) is 2.47. The van der Waals surface area contributed by atoms with Crippen LogP contribution < -0.4 is 10.5 Å². The molecule has 0 aliphatic heterocycles. The average molecular weight is 244 g/mol. The van der Waals surface area contributed by atoms with Gasteiger partial charge >= 0.3 is 6.09 Å². The van der Waals surface area contributed by atoms with Crippen molar-refractivity contribution in [3.05, 3.63) is 36.5 Å². The van der Waals surface area contributed by atoms with E-state index < -0.39 is 6.09 Å². The van der Waals surface area contributed by atoms with Crippen LogP contribution in [-0.2, 0) is 0 Å². The molecule has 0 unspecified atom stereocenters. The zero-order chi connectivity index (χ0) is 12.5. The summed E-state index contributed by atoms with van der Waals surface area (Å²) in [5.41, 5.74) is 6.88. The first-order chi connectivity index (χ1) is 8.72. The second-order valence-electron chi connectivity index (χ2n) is 4.25. The number of nitrogens with two attached hydrogens (primary N) is 1. The van der Waals surface area contributed by atoms with Crippen molar-refractivity contribution in [1.29, 1.82) is 0 Å². The molecule has 1 fully saturated rings. The second-order valence-corrected chi connectivity index (χ2v) is 4.25. The molecule has 1 aliphatic carbocycles. The van der Waals surface area contributed by atoms with Gasteiger partial charge in [-0.05, 0) is 18.9 Å². The van der Waals surface area contributed by atoms with Gasteiger partial charge in [-0.1, -0.05) is 0 Å². The zero-order valence-corrected chi connectivity index (χ0v) is 9.61. The highest BCUT2D eigenvalue weighted by Crippen LogP contribution is 2.39. The molecule has 2 aromatic heterocycles. The van der Waals surface area contributed by atoms with E-state index in [1.54, 1.807) is 18.6 Å². The van der Waals surface area contributed by atoms with Crippen LogP contribution in [0.2, 0.25) is 0 Å². The molecular weight excluding hydrogens is 232 g/mol. The van der Waals surface area contributed by atoms with Crippen molar-refractivity contribution in [3.8, 4) is 11.6 Å². The molecule has 0 saturated heterocycles. The predicted molar refractivity (Wildman–Crippen MR) is 63.5 cm³/mol. The predicted octanol–water partition coefficient (Wildman–Crippen LogP) is 1.60. The number of primary amides is 1. The number of rotatable bonds is 3. The van der Waals surface area contributed by atoms with Crippen LogP contribution in [0.3, 0.4) is 0 Å². The second kappa shape index (κ2) is 4.14. The normalized spacial score (nSPS) is 14.4. The van der Waals surface area contributed by atoms with Crippen LogP contribution in [0.4, 0.5) is 4.79 Å². The minimum Gasteiger partial charge on any atom is -0.391 e. The summed E-state index contributed by atoms with van der Waals surface area (Å²) in [6.45, 7) is 0. The van der Waals surface area contributed by atoms with E-state index in [2.05, 4.69) is 9.97 Å². The molecule has 1 saturated carbocycles. The molecule has 18 heavy (non-hydrogen) atoms. The summed E-state index contributed by atoms with van der Waals surface area (Å²) >= 11 is 0. The summed E-state index contributed by atoms with van der Waals surface area (Å²) in [4.78, 5) is 18.9. The first kappa shape index (κ1) is 10.8. The van der Waals surface area contributed by atoms with Crippen molar-refractivity contribution in [3.63, 3.8) is 0 Å². The SMILES string of the molecule is NC(=O)Oc1cc(-n2cnc(C3CC3)c2)ccn1. The molecule has 2 N–H and O–H groups in total. The Labute approximate surface area is 103 Å². The molecule has 92 valence electrons. The lowest BCUT2D eigenvalue weighted by molar-refractivity contribution is 0.209. The van der Waals surface area contributed by atoms with E-state index >= 15 is 0 Å². The number of hydrogen-bond acceptors (Lipinski definition) is 4. The molecular formula is C12H12N4O2. The largest absolute Gasteiger partial charge is 0.411 e. The van der Waals surface area contributed by atoms with E-state index in [0.29, 0.717) is 5.92 Å². The number of imidazole rings is 1. The number of aromatic nitrogens is 3. The summed E-state index contributed by atoms with van der Waals surface area (Å²) in [6.07, 6.45) is 6.85. The molecule has 0 spiro atoms. The highest BCUT2D eigenvalue weighted by atomic mass is 16.6. The van der Waals surface area contributed by atoms with Gasteiger partial charge < -0.3 is 15.0 Å². The third-order valence-corrected chi connectivity index (χ3v) is 2.82. The third kappa shape index (κ3) is 2.17. The van der Waals surface area contributed by atoms with Crippen LogP contribution in [0.1, 0.15) is 24.5 Å². The van der Waals surface area contributed by atoms with E-state index in [9.17, 15) is 4.79 Å². The van der Waals surface area contributed by atoms with E-state index in [1.807, 2.05) is 16.8 Å². The first-order valence-electron chi connectivity index (χ1n) is 5.70. The summed E-state index contributed by atoms with van der Waals surface area (Å²) in [6, 6.07) is 3.45. The minimum atomic E-state index is -0.871. The Morgan fingerprint density at radius 1 is 1.44 bits per heavy atom. The van der Waals surface area contributed by atoms with Crippen molar-refractivity contribution >= 4 is 6.09 Å². The Hall–Kier alpha value is -2.37. The quantitative estimate of drug-likeness (QED) is 0.888. The van der Waals surface area contributed by atoms with Crippen molar-refractivity contribution in [2.45, 2.75) is 18.8 Å². The number of ether oxygens (including phenoxy) is 1. The Bertz CT molecular complexity index is 589. The van der Waals surface area contributed by atoms with Crippen molar-refractivity contribution in [1.82, 2.24) is 14.5 Å². The summed E-state index contributed by atoms with van der Waals surface area (Å²) in [5, 5.41) is 0. The van der Waals surface area contributed by atoms with Crippen LogP contribution in [0.5, 0.6) is 5.88 Å². The van der Waals surface area contributed by atoms with Crippen LogP contribution in [0.25, 0.3) is 5.69 Å². The van der Waals surface area contributed by atoms with Gasteiger partial charge in [0, 0.05) is 24.4 Å². The summed E-state index contributed by atoms with van der Waals surface area (Å²) in [5.74, 6) is 0.788. The fourth-order valence-electron chi connectivity index (χ4n) is 1.79. The lowest BCUT2D eigenvalue weighted by Crippen LogP contribution is -2.17. The van der Waals surface area contributed by atoms with Gasteiger partial charge in [-0.3, -0.25) is 0 Å². The number of amides is 1. The summed E-state index contributed by atoms with van der Waals surface area (Å²) in [7, 11) is 0. The van der Waals surface area contributed by atoms with Crippen LogP contribution in [0, 0.1) is 0 Å². The van der Waals surface area contributed by atoms with Gasteiger partial charge in [0.2, 0.25) is 5.88 Å². The Balaban J connectivity index is 1.87. The zero-order valence-electron chi connectivity index (χ0n) is 9.61. The van der Waals surface area contributed by atoms with E-state index in [-0.39, 0.29) is 5.88 Å². The molecule has 1 aliphatic rings. The molecule has 6 heteroatoms. The Morgan fingerprint density at radius 2 is 2.28 bits per heavy atom. The number of nitrogens with zero attached hydrogens (tertiary/aromatic N) is 3. The fraction of sp³-hybridized carbons (Fsp3) is 0.250. The van der Waals surface area contributed by atoms with Crippen LogP contribution in [-0.4, -0.2) is 20.6 Å². The van der Waals surface area contributed by atoms with Gasteiger partial charge in [0.05, 0.1) is 17.7 Å². The monoisotopic (exact) mass is 244 g/mol. The number of hydrogen-bond donors (Lipinski definition) is 1. The maximum absolute atomic E-state index is 10.7. The maximum atomic E-state index is 10.7. The van der Waals surface area contributed by atoms with Crippen LogP contribution in [0.15, 0.2) is 30.9 Å². The lowest BCUT2D eigenvalue weighted by Gasteiger charge is -2.03. The van der Waals surface area contributed by atoms with Crippen molar-refractivity contribution < 1.29 is 9.53 Å². The van der Waals surface area contributed by atoms with Gasteiger partial charge in [0.15, 0.2) is 0 Å². The van der Waals surface area contributed by atoms with Crippen molar-refractivity contribution in [2.24, 2.45) is 5.73 Å². The number of carbonyl (C=O) groups is 1. The average Bonchev–Trinajstić information content (AvgIpc) is 3.07. The maximum Gasteiger partial charge on any atom is 0.411 e.